The van der Waals surface area contributed by atoms with Gasteiger partial charge in [0, 0.05) is 37.8 Å². The molecule has 0 aliphatic carbocycles. The first-order chi connectivity index (χ1) is 17.2. The van der Waals surface area contributed by atoms with Crippen LogP contribution in [-0.4, -0.2) is 84.9 Å². The number of nitriles is 2. The zero-order valence-electron chi connectivity index (χ0n) is 21.8. The number of anilines is 1. The van der Waals surface area contributed by atoms with Crippen LogP contribution in [0, 0.1) is 22.7 Å². The molecule has 10 nitrogen and oxygen atoms in total. The number of piperazine rings is 1. The fourth-order valence-corrected chi connectivity index (χ4v) is 5.25. The zero-order valence-corrected chi connectivity index (χ0v) is 21.8. The first kappa shape index (κ1) is 26.0. The second-order valence-corrected chi connectivity index (χ2v) is 10.8. The van der Waals surface area contributed by atoms with Gasteiger partial charge in [0.15, 0.2) is 0 Å². The van der Waals surface area contributed by atoms with E-state index in [1.807, 2.05) is 20.8 Å². The van der Waals surface area contributed by atoms with Crippen molar-refractivity contribution in [1.29, 1.82) is 10.5 Å². The lowest BCUT2D eigenvalue weighted by Gasteiger charge is -2.42. The Morgan fingerprint density at radius 2 is 2.00 bits per heavy atom. The third-order valence-corrected chi connectivity index (χ3v) is 7.14. The van der Waals surface area contributed by atoms with E-state index in [1.54, 1.807) is 4.90 Å². The van der Waals surface area contributed by atoms with Crippen LogP contribution in [0.3, 0.4) is 0 Å². The van der Waals surface area contributed by atoms with Gasteiger partial charge in [-0.25, -0.2) is 4.79 Å². The molecule has 4 rings (SSSR count). The topological polar surface area (TPSA) is 118 Å². The minimum absolute atomic E-state index is 0.202. The van der Waals surface area contributed by atoms with E-state index in [0.717, 1.165) is 49.3 Å². The van der Waals surface area contributed by atoms with Gasteiger partial charge in [-0.15, -0.1) is 0 Å². The van der Waals surface area contributed by atoms with E-state index in [4.69, 9.17) is 14.5 Å². The molecule has 194 valence electrons. The van der Waals surface area contributed by atoms with Crippen molar-refractivity contribution in [2.45, 2.75) is 70.7 Å². The number of hydrogen-bond acceptors (Lipinski definition) is 9. The largest absolute Gasteiger partial charge is 0.475 e. The lowest BCUT2D eigenvalue weighted by atomic mass is 9.96. The Hall–Kier alpha value is -3.08. The van der Waals surface area contributed by atoms with Crippen molar-refractivity contribution >= 4 is 11.9 Å². The number of hydrogen-bond donors (Lipinski definition) is 1. The minimum Gasteiger partial charge on any atom is -0.475 e. The van der Waals surface area contributed by atoms with Gasteiger partial charge in [0.25, 0.3) is 0 Å². The average Bonchev–Trinajstić information content (AvgIpc) is 3.25. The molecule has 0 radical (unpaired) electrons. The number of amides is 1. The van der Waals surface area contributed by atoms with E-state index in [-0.39, 0.29) is 12.5 Å². The summed E-state index contributed by atoms with van der Waals surface area (Å²) in [4.78, 5) is 23.8. The van der Waals surface area contributed by atoms with Gasteiger partial charge < -0.3 is 29.5 Å². The highest BCUT2D eigenvalue weighted by molar-refractivity contribution is 5.69. The number of aromatic nitrogens is 1. The predicted molar refractivity (Wildman–Crippen MR) is 135 cm³/mol. The molecule has 0 saturated carbocycles. The molecule has 0 bridgehead atoms. The first-order valence-electron chi connectivity index (χ1n) is 12.8. The zero-order chi connectivity index (χ0) is 25.9. The number of nitrogens with one attached hydrogen (secondary N) is 1. The minimum atomic E-state index is -0.605. The van der Waals surface area contributed by atoms with Crippen LogP contribution in [0.15, 0.2) is 0 Å². The van der Waals surface area contributed by atoms with Gasteiger partial charge in [0.1, 0.15) is 29.7 Å². The third kappa shape index (κ3) is 5.66. The second kappa shape index (κ2) is 10.9. The Labute approximate surface area is 213 Å². The molecule has 1 amide bonds. The Bertz CT molecular complexity index is 1060. The third-order valence-electron chi connectivity index (χ3n) is 7.14. The molecule has 2 fully saturated rings. The van der Waals surface area contributed by atoms with Gasteiger partial charge >= 0.3 is 6.09 Å². The van der Waals surface area contributed by atoms with E-state index < -0.39 is 11.7 Å². The molecule has 4 heterocycles. The standard InChI is InChI=1S/C26H37N7O3/c1-26(2,3)36-25(34)33-13-12-32(16-18(33)7-9-27)23-20-8-10-29-15-22(20)21(14-28)24(30-23)35-17-19-6-5-11-31(19)4/h18-19,29H,5-8,10-13,15-17H2,1-4H3/t18-,19+/m0/s1. The van der Waals surface area contributed by atoms with E-state index in [1.165, 1.54) is 0 Å². The van der Waals surface area contributed by atoms with Crippen molar-refractivity contribution < 1.29 is 14.3 Å². The monoisotopic (exact) mass is 495 g/mol. The van der Waals surface area contributed by atoms with Crippen molar-refractivity contribution in [3.63, 3.8) is 0 Å². The molecular weight excluding hydrogens is 458 g/mol. The van der Waals surface area contributed by atoms with Gasteiger partial charge in [0.2, 0.25) is 5.88 Å². The number of likely N-dealkylation sites (tertiary alicyclic amines) is 1. The Balaban J connectivity index is 1.62. The van der Waals surface area contributed by atoms with Crippen molar-refractivity contribution in [3.05, 3.63) is 16.7 Å². The van der Waals surface area contributed by atoms with Crippen molar-refractivity contribution in [2.24, 2.45) is 0 Å². The molecule has 2 atom stereocenters. The fraction of sp³-hybridized carbons (Fsp3) is 0.692. The Morgan fingerprint density at radius 1 is 1.19 bits per heavy atom. The second-order valence-electron chi connectivity index (χ2n) is 10.8. The van der Waals surface area contributed by atoms with Crippen LogP contribution < -0.4 is 15.0 Å². The van der Waals surface area contributed by atoms with Gasteiger partial charge in [-0.3, -0.25) is 0 Å². The maximum Gasteiger partial charge on any atom is 0.410 e. The Kier molecular flexibility index (Phi) is 7.87. The summed E-state index contributed by atoms with van der Waals surface area (Å²) in [5, 5.41) is 22.9. The molecule has 0 spiro atoms. The fourth-order valence-electron chi connectivity index (χ4n) is 5.25. The quantitative estimate of drug-likeness (QED) is 0.657. The van der Waals surface area contributed by atoms with Crippen molar-refractivity contribution in [3.8, 4) is 18.0 Å². The Morgan fingerprint density at radius 3 is 2.67 bits per heavy atom. The maximum atomic E-state index is 12.8. The predicted octanol–water partition coefficient (Wildman–Crippen LogP) is 2.41. The number of carbonyl (C=O) groups is 1. The highest BCUT2D eigenvalue weighted by Crippen LogP contribution is 2.34. The summed E-state index contributed by atoms with van der Waals surface area (Å²) in [5.41, 5.74) is 1.89. The normalized spacial score (nSPS) is 22.5. The SMILES string of the molecule is CN1CCC[C@@H]1COc1nc(N2CCN(C(=O)OC(C)(C)C)[C@@H](CC#N)C2)c2c(c1C#N)CNCC2. The molecule has 1 N–H and O–H groups in total. The summed E-state index contributed by atoms with van der Waals surface area (Å²) >= 11 is 0. The molecule has 0 unspecified atom stereocenters. The number of carbonyl (C=O) groups excluding carboxylic acids is 1. The summed E-state index contributed by atoms with van der Waals surface area (Å²) in [6.07, 6.45) is 2.77. The van der Waals surface area contributed by atoms with Crippen LogP contribution >= 0.6 is 0 Å². The smallest absolute Gasteiger partial charge is 0.410 e. The highest BCUT2D eigenvalue weighted by atomic mass is 16.6. The molecular formula is C26H37N7O3. The van der Waals surface area contributed by atoms with Gasteiger partial charge in [-0.2, -0.15) is 15.5 Å². The summed E-state index contributed by atoms with van der Waals surface area (Å²) in [6.45, 7) is 9.92. The lowest BCUT2D eigenvalue weighted by molar-refractivity contribution is 0.0144. The van der Waals surface area contributed by atoms with Crippen molar-refractivity contribution in [1.82, 2.24) is 20.1 Å². The van der Waals surface area contributed by atoms with Crippen LogP contribution in [0.1, 0.15) is 56.7 Å². The number of ether oxygens (including phenoxy) is 2. The lowest BCUT2D eigenvalue weighted by Crippen LogP contribution is -2.56. The molecule has 36 heavy (non-hydrogen) atoms. The first-order valence-corrected chi connectivity index (χ1v) is 12.8. The molecule has 0 aromatic carbocycles. The molecule has 2 saturated heterocycles. The van der Waals surface area contributed by atoms with E-state index >= 15 is 0 Å². The number of likely N-dealkylation sites (N-methyl/N-ethyl adjacent to an activating group) is 1. The van der Waals surface area contributed by atoms with Crippen LogP contribution in [0.4, 0.5) is 10.6 Å². The van der Waals surface area contributed by atoms with Crippen LogP contribution in [-0.2, 0) is 17.7 Å². The summed E-state index contributed by atoms with van der Waals surface area (Å²) in [7, 11) is 2.10. The van der Waals surface area contributed by atoms with Gasteiger partial charge in [-0.1, -0.05) is 0 Å². The number of pyridine rings is 1. The maximum absolute atomic E-state index is 12.8. The number of fused-ring (bicyclic) bond motifs is 1. The van der Waals surface area contributed by atoms with E-state index in [0.29, 0.717) is 50.3 Å². The highest BCUT2D eigenvalue weighted by Gasteiger charge is 2.36. The van der Waals surface area contributed by atoms with Gasteiger partial charge in [-0.05, 0) is 65.7 Å². The summed E-state index contributed by atoms with van der Waals surface area (Å²) in [6, 6.07) is 4.57. The molecule has 10 heteroatoms. The van der Waals surface area contributed by atoms with Crippen LogP contribution in [0.25, 0.3) is 0 Å². The number of rotatable bonds is 5. The van der Waals surface area contributed by atoms with Crippen LogP contribution in [0.5, 0.6) is 5.88 Å². The molecule has 1 aromatic rings. The number of nitrogens with zero attached hydrogens (tertiary/aromatic N) is 6. The van der Waals surface area contributed by atoms with Crippen molar-refractivity contribution in [2.75, 3.05) is 51.3 Å². The summed E-state index contributed by atoms with van der Waals surface area (Å²) in [5.74, 6) is 1.17. The summed E-state index contributed by atoms with van der Waals surface area (Å²) < 4.78 is 11.8. The molecule has 1 aromatic heterocycles. The van der Waals surface area contributed by atoms with E-state index in [9.17, 15) is 15.3 Å². The van der Waals surface area contributed by atoms with Gasteiger partial charge in [0.05, 0.1) is 18.5 Å². The average molecular weight is 496 g/mol. The molecule has 3 aliphatic heterocycles. The van der Waals surface area contributed by atoms with Crippen LogP contribution in [0.2, 0.25) is 0 Å². The van der Waals surface area contributed by atoms with E-state index in [2.05, 4.69) is 34.3 Å². The molecule has 3 aliphatic rings.